The standard InChI is InChI=1S/C12H15NO2/c1-12(2,3)10-8-5-6-15-9(8)7-13(4)11(10)14/h5-7H,1-4H3. The van der Waals surface area contributed by atoms with Crippen LogP contribution < -0.4 is 5.56 Å². The highest BCUT2D eigenvalue weighted by Gasteiger charge is 2.22. The van der Waals surface area contributed by atoms with Crippen molar-refractivity contribution >= 4 is 11.0 Å². The molecule has 0 saturated carbocycles. The summed E-state index contributed by atoms with van der Waals surface area (Å²) in [6.45, 7) is 6.11. The number of nitrogens with zero attached hydrogens (tertiary/aromatic N) is 1. The van der Waals surface area contributed by atoms with E-state index in [0.29, 0.717) is 0 Å². The Labute approximate surface area is 88.3 Å². The van der Waals surface area contributed by atoms with Crippen LogP contribution >= 0.6 is 0 Å². The molecule has 0 spiro atoms. The van der Waals surface area contributed by atoms with E-state index in [9.17, 15) is 4.79 Å². The molecule has 0 aliphatic carbocycles. The zero-order valence-corrected chi connectivity index (χ0v) is 9.50. The Bertz CT molecular complexity index is 555. The number of hydrogen-bond donors (Lipinski definition) is 0. The summed E-state index contributed by atoms with van der Waals surface area (Å²) in [6.07, 6.45) is 3.35. The fraction of sp³-hybridized carbons (Fsp3) is 0.417. The Morgan fingerprint density at radius 1 is 1.33 bits per heavy atom. The molecule has 0 amide bonds. The molecule has 0 fully saturated rings. The van der Waals surface area contributed by atoms with Gasteiger partial charge >= 0.3 is 0 Å². The van der Waals surface area contributed by atoms with Gasteiger partial charge in [0.05, 0.1) is 12.5 Å². The lowest BCUT2D eigenvalue weighted by Gasteiger charge is -2.19. The summed E-state index contributed by atoms with van der Waals surface area (Å²) < 4.78 is 6.91. The molecule has 0 aromatic carbocycles. The number of fused-ring (bicyclic) bond motifs is 1. The minimum atomic E-state index is -0.168. The van der Waals surface area contributed by atoms with Gasteiger partial charge in [-0.1, -0.05) is 20.8 Å². The van der Waals surface area contributed by atoms with Gasteiger partial charge in [-0.15, -0.1) is 0 Å². The highest BCUT2D eigenvalue weighted by Crippen LogP contribution is 2.27. The van der Waals surface area contributed by atoms with E-state index in [1.165, 1.54) is 0 Å². The highest BCUT2D eigenvalue weighted by atomic mass is 16.3. The first-order valence-electron chi connectivity index (χ1n) is 4.98. The van der Waals surface area contributed by atoms with Gasteiger partial charge in [0.25, 0.3) is 5.56 Å². The van der Waals surface area contributed by atoms with E-state index in [1.807, 2.05) is 26.8 Å². The average Bonchev–Trinajstić information content (AvgIpc) is 2.50. The molecule has 2 aromatic rings. The maximum Gasteiger partial charge on any atom is 0.254 e. The third kappa shape index (κ3) is 1.48. The number of hydrogen-bond acceptors (Lipinski definition) is 2. The van der Waals surface area contributed by atoms with E-state index in [-0.39, 0.29) is 11.0 Å². The van der Waals surface area contributed by atoms with Gasteiger partial charge in [-0.25, -0.2) is 0 Å². The zero-order chi connectivity index (χ0) is 11.2. The SMILES string of the molecule is Cn1cc2occc2c(C(C)(C)C)c1=O. The van der Waals surface area contributed by atoms with Crippen molar-refractivity contribution in [3.05, 3.63) is 34.4 Å². The van der Waals surface area contributed by atoms with Crippen molar-refractivity contribution in [3.63, 3.8) is 0 Å². The van der Waals surface area contributed by atoms with Gasteiger partial charge in [-0.2, -0.15) is 0 Å². The Balaban J connectivity index is 2.97. The second-order valence-electron chi connectivity index (χ2n) is 4.87. The lowest BCUT2D eigenvalue weighted by molar-refractivity contribution is 0.573. The summed E-state index contributed by atoms with van der Waals surface area (Å²) in [4.78, 5) is 12.0. The summed E-state index contributed by atoms with van der Waals surface area (Å²) in [5, 5.41) is 0.922. The molecule has 3 nitrogen and oxygen atoms in total. The first-order chi connectivity index (χ1) is 6.91. The molecule has 15 heavy (non-hydrogen) atoms. The van der Waals surface area contributed by atoms with Crippen LogP contribution in [0.15, 0.2) is 27.7 Å². The lowest BCUT2D eigenvalue weighted by atomic mass is 9.86. The van der Waals surface area contributed by atoms with Gasteiger partial charge in [-0.05, 0) is 11.5 Å². The van der Waals surface area contributed by atoms with Gasteiger partial charge in [0.2, 0.25) is 0 Å². The van der Waals surface area contributed by atoms with Gasteiger partial charge in [0.1, 0.15) is 0 Å². The fourth-order valence-electron chi connectivity index (χ4n) is 1.88. The minimum absolute atomic E-state index is 0.0522. The summed E-state index contributed by atoms with van der Waals surface area (Å²) in [6, 6.07) is 1.86. The van der Waals surface area contributed by atoms with E-state index in [1.54, 1.807) is 24.1 Å². The Kier molecular flexibility index (Phi) is 2.00. The van der Waals surface area contributed by atoms with Crippen molar-refractivity contribution in [2.45, 2.75) is 26.2 Å². The van der Waals surface area contributed by atoms with Crippen molar-refractivity contribution in [2.75, 3.05) is 0 Å². The molecule has 0 radical (unpaired) electrons. The smallest absolute Gasteiger partial charge is 0.254 e. The average molecular weight is 205 g/mol. The highest BCUT2D eigenvalue weighted by molar-refractivity contribution is 5.80. The van der Waals surface area contributed by atoms with E-state index < -0.39 is 0 Å². The molecule has 0 aliphatic heterocycles. The number of rotatable bonds is 0. The summed E-state index contributed by atoms with van der Waals surface area (Å²) in [7, 11) is 1.75. The molecule has 0 aliphatic rings. The monoisotopic (exact) mass is 205 g/mol. The van der Waals surface area contributed by atoms with E-state index in [0.717, 1.165) is 16.5 Å². The summed E-state index contributed by atoms with van der Waals surface area (Å²) >= 11 is 0. The molecule has 0 N–H and O–H groups in total. The van der Waals surface area contributed by atoms with Gasteiger partial charge in [0.15, 0.2) is 5.58 Å². The van der Waals surface area contributed by atoms with Crippen LogP contribution in [0, 0.1) is 0 Å². The van der Waals surface area contributed by atoms with Crippen LogP contribution in [0.5, 0.6) is 0 Å². The number of aryl methyl sites for hydroxylation is 1. The van der Waals surface area contributed by atoms with Crippen LogP contribution in [-0.2, 0) is 12.5 Å². The van der Waals surface area contributed by atoms with Crippen molar-refractivity contribution in [1.29, 1.82) is 0 Å². The molecule has 0 saturated heterocycles. The quantitative estimate of drug-likeness (QED) is 0.662. The third-order valence-electron chi connectivity index (χ3n) is 2.56. The molecule has 0 bridgehead atoms. The minimum Gasteiger partial charge on any atom is -0.463 e. The Morgan fingerprint density at radius 2 is 2.00 bits per heavy atom. The van der Waals surface area contributed by atoms with Gasteiger partial charge in [-0.3, -0.25) is 4.79 Å². The number of aromatic nitrogens is 1. The number of pyridine rings is 1. The molecular formula is C12H15NO2. The largest absolute Gasteiger partial charge is 0.463 e. The van der Waals surface area contributed by atoms with Crippen molar-refractivity contribution in [2.24, 2.45) is 7.05 Å². The van der Waals surface area contributed by atoms with E-state index in [2.05, 4.69) is 0 Å². The summed E-state index contributed by atoms with van der Waals surface area (Å²) in [5.41, 5.74) is 1.47. The predicted molar refractivity (Wildman–Crippen MR) is 60.2 cm³/mol. The molecule has 2 heterocycles. The molecule has 80 valence electrons. The second-order valence-corrected chi connectivity index (χ2v) is 4.87. The van der Waals surface area contributed by atoms with Gasteiger partial charge in [0, 0.05) is 18.0 Å². The number of furan rings is 1. The van der Waals surface area contributed by atoms with Crippen LogP contribution in [0.25, 0.3) is 11.0 Å². The van der Waals surface area contributed by atoms with Crippen LogP contribution in [0.4, 0.5) is 0 Å². The van der Waals surface area contributed by atoms with Crippen LogP contribution in [-0.4, -0.2) is 4.57 Å². The first kappa shape index (κ1) is 10.0. The molecule has 3 heteroatoms. The first-order valence-corrected chi connectivity index (χ1v) is 4.98. The lowest BCUT2D eigenvalue weighted by Crippen LogP contribution is -2.28. The van der Waals surface area contributed by atoms with Crippen LogP contribution in [0.3, 0.4) is 0 Å². The zero-order valence-electron chi connectivity index (χ0n) is 9.50. The predicted octanol–water partition coefficient (Wildman–Crippen LogP) is 2.43. The molecule has 0 unspecified atom stereocenters. The Morgan fingerprint density at radius 3 is 2.60 bits per heavy atom. The maximum atomic E-state index is 12.0. The van der Waals surface area contributed by atoms with E-state index in [4.69, 9.17) is 4.42 Å². The van der Waals surface area contributed by atoms with Crippen molar-refractivity contribution in [3.8, 4) is 0 Å². The summed E-state index contributed by atoms with van der Waals surface area (Å²) in [5.74, 6) is 0. The fourth-order valence-corrected chi connectivity index (χ4v) is 1.88. The van der Waals surface area contributed by atoms with Crippen molar-refractivity contribution in [1.82, 2.24) is 4.57 Å². The van der Waals surface area contributed by atoms with Crippen molar-refractivity contribution < 1.29 is 4.42 Å². The maximum absolute atomic E-state index is 12.0. The Hall–Kier alpha value is -1.51. The van der Waals surface area contributed by atoms with E-state index >= 15 is 0 Å². The molecule has 0 atom stereocenters. The molecule has 2 rings (SSSR count). The normalized spacial score (nSPS) is 12.3. The van der Waals surface area contributed by atoms with Crippen LogP contribution in [0.2, 0.25) is 0 Å². The van der Waals surface area contributed by atoms with Crippen LogP contribution in [0.1, 0.15) is 26.3 Å². The molecule has 2 aromatic heterocycles. The third-order valence-corrected chi connectivity index (χ3v) is 2.56. The topological polar surface area (TPSA) is 35.1 Å². The second kappa shape index (κ2) is 2.99. The van der Waals surface area contributed by atoms with Gasteiger partial charge < -0.3 is 8.98 Å². The molecular weight excluding hydrogens is 190 g/mol.